The van der Waals surface area contributed by atoms with Gasteiger partial charge in [-0.2, -0.15) is 0 Å². The molecule has 1 rings (SSSR count). The smallest absolute Gasteiger partial charge is 0.305 e. The number of nitrogens with zero attached hydrogens (tertiary/aromatic N) is 1. The molecular formula is C17H21NO4. The lowest BCUT2D eigenvalue weighted by Gasteiger charge is -2.22. The Labute approximate surface area is 130 Å². The molecule has 0 bridgehead atoms. The van der Waals surface area contributed by atoms with Gasteiger partial charge in [-0.15, -0.1) is 6.58 Å². The number of nitro groups is 1. The fourth-order valence-electron chi connectivity index (χ4n) is 2.21. The van der Waals surface area contributed by atoms with Crippen LogP contribution in [0.25, 0.3) is 6.08 Å². The highest BCUT2D eigenvalue weighted by Gasteiger charge is 2.40. The number of rotatable bonds is 9. The first-order chi connectivity index (χ1) is 10.5. The van der Waals surface area contributed by atoms with Crippen LogP contribution >= 0.6 is 0 Å². The van der Waals surface area contributed by atoms with Crippen molar-refractivity contribution < 1.29 is 14.5 Å². The highest BCUT2D eigenvalue weighted by molar-refractivity contribution is 5.69. The molecule has 0 aliphatic carbocycles. The SMILES string of the molecule is C=CCC(C/C=C/c1ccccc1)(CCC(=O)OC)[N+](=O)[O-]. The zero-order chi connectivity index (χ0) is 16.4. The Bertz CT molecular complexity index is 539. The fraction of sp³-hybridized carbons (Fsp3) is 0.353. The van der Waals surface area contributed by atoms with Gasteiger partial charge in [0.1, 0.15) is 0 Å². The van der Waals surface area contributed by atoms with Gasteiger partial charge in [-0.25, -0.2) is 0 Å². The van der Waals surface area contributed by atoms with Crippen LogP contribution in [0, 0.1) is 10.1 Å². The lowest BCUT2D eigenvalue weighted by Crippen LogP contribution is -2.38. The molecule has 5 nitrogen and oxygen atoms in total. The molecule has 0 aliphatic heterocycles. The van der Waals surface area contributed by atoms with E-state index in [-0.39, 0.29) is 30.6 Å². The van der Waals surface area contributed by atoms with Crippen molar-refractivity contribution in [3.8, 4) is 0 Å². The topological polar surface area (TPSA) is 69.4 Å². The summed E-state index contributed by atoms with van der Waals surface area (Å²) in [5, 5.41) is 11.5. The molecule has 0 aromatic heterocycles. The van der Waals surface area contributed by atoms with Crippen molar-refractivity contribution in [1.29, 1.82) is 0 Å². The van der Waals surface area contributed by atoms with Crippen molar-refractivity contribution in [3.63, 3.8) is 0 Å². The van der Waals surface area contributed by atoms with Crippen molar-refractivity contribution >= 4 is 12.0 Å². The first-order valence-corrected chi connectivity index (χ1v) is 7.08. The van der Waals surface area contributed by atoms with Crippen molar-refractivity contribution in [2.45, 2.75) is 31.2 Å². The summed E-state index contributed by atoms with van der Waals surface area (Å²) in [5.41, 5.74) is -0.243. The minimum atomic E-state index is -1.22. The van der Waals surface area contributed by atoms with Crippen molar-refractivity contribution in [2.24, 2.45) is 0 Å². The number of methoxy groups -OCH3 is 1. The van der Waals surface area contributed by atoms with Crippen LogP contribution in [0.4, 0.5) is 0 Å². The van der Waals surface area contributed by atoms with Crippen molar-refractivity contribution in [3.05, 3.63) is 64.7 Å². The van der Waals surface area contributed by atoms with Crippen LogP contribution in [0.15, 0.2) is 49.1 Å². The molecule has 118 valence electrons. The van der Waals surface area contributed by atoms with Crippen molar-refractivity contribution in [2.75, 3.05) is 7.11 Å². The third-order valence-corrected chi connectivity index (χ3v) is 3.54. The van der Waals surface area contributed by atoms with Gasteiger partial charge in [0.05, 0.1) is 13.5 Å². The number of benzene rings is 1. The van der Waals surface area contributed by atoms with E-state index in [1.54, 1.807) is 6.08 Å². The summed E-state index contributed by atoms with van der Waals surface area (Å²) < 4.78 is 4.57. The maximum absolute atomic E-state index is 11.5. The minimum Gasteiger partial charge on any atom is -0.469 e. The Morgan fingerprint density at radius 1 is 1.36 bits per heavy atom. The van der Waals surface area contributed by atoms with Crippen LogP contribution < -0.4 is 0 Å². The summed E-state index contributed by atoms with van der Waals surface area (Å²) in [4.78, 5) is 22.5. The van der Waals surface area contributed by atoms with E-state index in [9.17, 15) is 14.9 Å². The Balaban J connectivity index is 2.84. The van der Waals surface area contributed by atoms with E-state index >= 15 is 0 Å². The first-order valence-electron chi connectivity index (χ1n) is 7.08. The average molecular weight is 303 g/mol. The van der Waals surface area contributed by atoms with Crippen LogP contribution in [0.3, 0.4) is 0 Å². The molecule has 0 saturated carbocycles. The molecule has 0 amide bonds. The normalized spacial score (nSPS) is 13.5. The molecule has 0 N–H and O–H groups in total. The molecule has 1 atom stereocenters. The molecule has 1 aromatic carbocycles. The third-order valence-electron chi connectivity index (χ3n) is 3.54. The van der Waals surface area contributed by atoms with Gasteiger partial charge in [0, 0.05) is 24.2 Å². The van der Waals surface area contributed by atoms with Gasteiger partial charge in [-0.1, -0.05) is 48.6 Å². The predicted molar refractivity (Wildman–Crippen MR) is 85.9 cm³/mol. The molecule has 22 heavy (non-hydrogen) atoms. The van der Waals surface area contributed by atoms with Crippen LogP contribution in [0.1, 0.15) is 31.2 Å². The number of esters is 1. The first kappa shape index (κ1) is 17.6. The molecular weight excluding hydrogens is 282 g/mol. The van der Waals surface area contributed by atoms with E-state index in [0.29, 0.717) is 0 Å². The second-order valence-corrected chi connectivity index (χ2v) is 5.07. The molecule has 0 heterocycles. The lowest BCUT2D eigenvalue weighted by atomic mass is 9.86. The third kappa shape index (κ3) is 5.16. The quantitative estimate of drug-likeness (QED) is 0.302. The van der Waals surface area contributed by atoms with Gasteiger partial charge < -0.3 is 4.74 Å². The maximum atomic E-state index is 11.5. The Morgan fingerprint density at radius 2 is 2.05 bits per heavy atom. The molecule has 0 aliphatic rings. The average Bonchev–Trinajstić information content (AvgIpc) is 2.53. The van der Waals surface area contributed by atoms with Gasteiger partial charge in [-0.05, 0) is 5.56 Å². The summed E-state index contributed by atoms with van der Waals surface area (Å²) in [6.07, 6.45) is 5.73. The largest absolute Gasteiger partial charge is 0.469 e. The van der Waals surface area contributed by atoms with E-state index in [0.717, 1.165) is 5.56 Å². The van der Waals surface area contributed by atoms with Gasteiger partial charge in [0.15, 0.2) is 0 Å². The Kier molecular flexibility index (Phi) is 7.02. The van der Waals surface area contributed by atoms with Gasteiger partial charge in [0.2, 0.25) is 5.54 Å². The fourth-order valence-corrected chi connectivity index (χ4v) is 2.21. The predicted octanol–water partition coefficient (Wildman–Crippen LogP) is 3.63. The van der Waals surface area contributed by atoms with E-state index < -0.39 is 11.5 Å². The molecule has 1 unspecified atom stereocenters. The Morgan fingerprint density at radius 3 is 2.59 bits per heavy atom. The highest BCUT2D eigenvalue weighted by Crippen LogP contribution is 2.27. The van der Waals surface area contributed by atoms with Crippen molar-refractivity contribution in [1.82, 2.24) is 0 Å². The standard InChI is InChI=1S/C17H21NO4/c1-3-12-17(18(20)21,14-11-16(19)22-2)13-7-10-15-8-5-4-6-9-15/h3-10H,1,11-14H2,2H3/b10-7+. The number of carbonyl (C=O) groups excluding carboxylic acids is 1. The summed E-state index contributed by atoms with van der Waals surface area (Å²) in [6.45, 7) is 3.60. The second kappa shape index (κ2) is 8.77. The number of carbonyl (C=O) groups is 1. The number of ether oxygens (including phenoxy) is 1. The summed E-state index contributed by atoms with van der Waals surface area (Å²) >= 11 is 0. The lowest BCUT2D eigenvalue weighted by molar-refractivity contribution is -0.569. The van der Waals surface area contributed by atoms with Gasteiger partial charge >= 0.3 is 5.97 Å². The molecule has 5 heteroatoms. The molecule has 1 aromatic rings. The number of hydrogen-bond acceptors (Lipinski definition) is 4. The van der Waals surface area contributed by atoms with Crippen LogP contribution in [0.5, 0.6) is 0 Å². The Hall–Kier alpha value is -2.43. The minimum absolute atomic E-state index is 0.0184. The van der Waals surface area contributed by atoms with Crippen LogP contribution in [0.2, 0.25) is 0 Å². The molecule has 0 spiro atoms. The van der Waals surface area contributed by atoms with Gasteiger partial charge in [-0.3, -0.25) is 14.9 Å². The van der Waals surface area contributed by atoms with Crippen LogP contribution in [-0.2, 0) is 9.53 Å². The van der Waals surface area contributed by atoms with E-state index in [1.807, 2.05) is 36.4 Å². The maximum Gasteiger partial charge on any atom is 0.305 e. The van der Waals surface area contributed by atoms with E-state index in [1.165, 1.54) is 13.2 Å². The summed E-state index contributed by atoms with van der Waals surface area (Å²) in [6, 6.07) is 9.56. The number of hydrogen-bond donors (Lipinski definition) is 0. The highest BCUT2D eigenvalue weighted by atomic mass is 16.6. The monoisotopic (exact) mass is 303 g/mol. The second-order valence-electron chi connectivity index (χ2n) is 5.07. The van der Waals surface area contributed by atoms with Gasteiger partial charge in [0.25, 0.3) is 0 Å². The molecule has 0 saturated heterocycles. The zero-order valence-electron chi connectivity index (χ0n) is 12.7. The van der Waals surface area contributed by atoms with Crippen LogP contribution in [-0.4, -0.2) is 23.5 Å². The zero-order valence-corrected chi connectivity index (χ0v) is 12.7. The molecule has 0 fully saturated rings. The van der Waals surface area contributed by atoms with E-state index in [2.05, 4.69) is 11.3 Å². The molecule has 0 radical (unpaired) electrons. The summed E-state index contributed by atoms with van der Waals surface area (Å²) in [5.74, 6) is -0.442. The van der Waals surface area contributed by atoms with E-state index in [4.69, 9.17) is 0 Å². The summed E-state index contributed by atoms with van der Waals surface area (Å²) in [7, 11) is 1.28.